The van der Waals surface area contributed by atoms with E-state index < -0.39 is 12.6 Å². The van der Waals surface area contributed by atoms with Crippen molar-refractivity contribution in [1.82, 2.24) is 0 Å². The third-order valence-electron chi connectivity index (χ3n) is 6.97. The average molecular weight is 485 g/mol. The smallest absolute Gasteiger partial charge is 0.184 e. The van der Waals surface area contributed by atoms with Gasteiger partial charge in [0.05, 0.1) is 39.6 Å². The Balaban J connectivity index is 1.38. The van der Waals surface area contributed by atoms with Gasteiger partial charge in [-0.2, -0.15) is 0 Å². The zero-order valence-corrected chi connectivity index (χ0v) is 21.1. The summed E-state index contributed by atoms with van der Waals surface area (Å²) in [7, 11) is 3.27. The van der Waals surface area contributed by atoms with E-state index in [1.54, 1.807) is 14.2 Å². The minimum Gasteiger partial charge on any atom is -0.497 e. The predicted molar refractivity (Wildman–Crippen MR) is 130 cm³/mol. The van der Waals surface area contributed by atoms with Gasteiger partial charge in [-0.1, -0.05) is 45.0 Å². The van der Waals surface area contributed by atoms with Crippen LogP contribution in [-0.4, -0.2) is 45.4 Å². The number of hydrogen-bond donors (Lipinski definition) is 0. The van der Waals surface area contributed by atoms with Gasteiger partial charge in [-0.15, -0.1) is 0 Å². The summed E-state index contributed by atoms with van der Waals surface area (Å²) in [6, 6.07) is 15.2. The molecular formula is C28H36O7. The van der Waals surface area contributed by atoms with Crippen LogP contribution in [0.15, 0.2) is 48.5 Å². The number of rotatable bonds is 8. The van der Waals surface area contributed by atoms with Gasteiger partial charge in [-0.05, 0) is 24.3 Å². The van der Waals surface area contributed by atoms with Gasteiger partial charge in [0.2, 0.25) is 0 Å². The van der Waals surface area contributed by atoms with E-state index in [9.17, 15) is 4.79 Å². The van der Waals surface area contributed by atoms with Crippen molar-refractivity contribution in [2.45, 2.75) is 52.0 Å². The van der Waals surface area contributed by atoms with Crippen LogP contribution in [-0.2, 0) is 23.7 Å². The molecule has 0 amide bonds. The number of methoxy groups -OCH3 is 2. The van der Waals surface area contributed by atoms with E-state index in [2.05, 4.69) is 13.8 Å². The molecule has 2 aromatic carbocycles. The van der Waals surface area contributed by atoms with Crippen molar-refractivity contribution in [3.8, 4) is 11.5 Å². The number of hydrogen-bond acceptors (Lipinski definition) is 7. The van der Waals surface area contributed by atoms with E-state index in [0.29, 0.717) is 19.6 Å². The van der Waals surface area contributed by atoms with E-state index in [1.807, 2.05) is 55.5 Å². The Kier molecular flexibility index (Phi) is 8.44. The summed E-state index contributed by atoms with van der Waals surface area (Å²) in [6.45, 7) is 7.13. The fourth-order valence-electron chi connectivity index (χ4n) is 4.63. The number of carbonyl (C=O) groups excluding carboxylic acids is 1. The quantitative estimate of drug-likeness (QED) is 0.516. The normalized spacial score (nSPS) is 29.9. The van der Waals surface area contributed by atoms with Crippen LogP contribution in [0, 0.1) is 17.8 Å². The van der Waals surface area contributed by atoms with E-state index in [0.717, 1.165) is 22.6 Å². The molecule has 2 fully saturated rings. The van der Waals surface area contributed by atoms with Gasteiger partial charge in [-0.3, -0.25) is 4.79 Å². The van der Waals surface area contributed by atoms with Crippen LogP contribution in [0.3, 0.4) is 0 Å². The molecule has 4 rings (SSSR count). The maximum absolute atomic E-state index is 13.4. The van der Waals surface area contributed by atoms with Crippen molar-refractivity contribution >= 4 is 5.78 Å². The van der Waals surface area contributed by atoms with Crippen LogP contribution in [0.5, 0.6) is 11.5 Å². The van der Waals surface area contributed by atoms with Crippen LogP contribution in [0.2, 0.25) is 0 Å². The Labute approximate surface area is 207 Å². The second-order valence-electron chi connectivity index (χ2n) is 9.57. The molecule has 0 unspecified atom stereocenters. The van der Waals surface area contributed by atoms with Crippen molar-refractivity contribution in [3.05, 3.63) is 59.7 Å². The molecule has 2 aliphatic heterocycles. The Hall–Kier alpha value is -2.45. The Morgan fingerprint density at radius 1 is 0.829 bits per heavy atom. The van der Waals surface area contributed by atoms with Gasteiger partial charge in [-0.25, -0.2) is 0 Å². The first kappa shape index (κ1) is 25.6. The lowest BCUT2D eigenvalue weighted by atomic mass is 9.86. The van der Waals surface area contributed by atoms with Crippen LogP contribution < -0.4 is 9.47 Å². The SMILES string of the molecule is COc1ccc([C@H]2OC[C@H](C)[C@@H]([C@@H](C)C(=O)C[C@H]3O[C@@H](c4ccc(OC)cc4)OC[C@@H]3C)O2)cc1. The molecule has 2 saturated heterocycles. The third kappa shape index (κ3) is 6.04. The lowest BCUT2D eigenvalue weighted by molar-refractivity contribution is -0.250. The van der Waals surface area contributed by atoms with Crippen molar-refractivity contribution in [2.75, 3.05) is 27.4 Å². The highest BCUT2D eigenvalue weighted by Gasteiger charge is 2.39. The first-order chi connectivity index (χ1) is 16.9. The van der Waals surface area contributed by atoms with Crippen molar-refractivity contribution in [3.63, 3.8) is 0 Å². The third-order valence-corrected chi connectivity index (χ3v) is 6.97. The number of ether oxygens (including phenoxy) is 6. The maximum atomic E-state index is 13.4. The molecule has 7 heteroatoms. The molecule has 190 valence electrons. The highest BCUT2D eigenvalue weighted by molar-refractivity contribution is 5.81. The van der Waals surface area contributed by atoms with Crippen LogP contribution in [0.25, 0.3) is 0 Å². The maximum Gasteiger partial charge on any atom is 0.184 e. The molecule has 0 N–H and O–H groups in total. The van der Waals surface area contributed by atoms with Gasteiger partial charge >= 0.3 is 0 Å². The Bertz CT molecular complexity index is 958. The van der Waals surface area contributed by atoms with Gasteiger partial charge in [0.1, 0.15) is 17.3 Å². The van der Waals surface area contributed by atoms with E-state index in [1.165, 1.54) is 0 Å². The standard InChI is InChI=1S/C28H36O7/c1-17-15-32-27(20-6-10-22(30-4)11-7-20)34-25(17)14-24(29)19(3)26-18(2)16-33-28(35-26)21-8-12-23(31-5)13-9-21/h6-13,17-19,25-28H,14-16H2,1-5H3/t17-,18-,19-,25+,26-,27-,28-/m0/s1. The van der Waals surface area contributed by atoms with Gasteiger partial charge < -0.3 is 28.4 Å². The predicted octanol–water partition coefficient (Wildman–Crippen LogP) is 5.10. The largest absolute Gasteiger partial charge is 0.497 e. The number of Topliss-reactive ketones (excluding diaryl/α,β-unsaturated/α-hetero) is 1. The second-order valence-corrected chi connectivity index (χ2v) is 9.57. The monoisotopic (exact) mass is 484 g/mol. The number of carbonyl (C=O) groups is 1. The van der Waals surface area contributed by atoms with Gasteiger partial charge in [0.25, 0.3) is 0 Å². The van der Waals surface area contributed by atoms with Crippen molar-refractivity contribution in [2.24, 2.45) is 17.8 Å². The zero-order valence-electron chi connectivity index (χ0n) is 21.1. The summed E-state index contributed by atoms with van der Waals surface area (Å²) in [6.07, 6.45) is -1.15. The van der Waals surface area contributed by atoms with Crippen LogP contribution in [0.4, 0.5) is 0 Å². The second kappa shape index (κ2) is 11.5. The first-order valence-electron chi connectivity index (χ1n) is 12.2. The van der Waals surface area contributed by atoms with E-state index in [4.69, 9.17) is 28.4 Å². The summed E-state index contributed by atoms with van der Waals surface area (Å²) in [5.74, 6) is 1.61. The highest BCUT2D eigenvalue weighted by Crippen LogP contribution is 2.36. The lowest BCUT2D eigenvalue weighted by Crippen LogP contribution is -2.43. The number of ketones is 1. The Morgan fingerprint density at radius 3 is 1.83 bits per heavy atom. The Morgan fingerprint density at radius 2 is 1.31 bits per heavy atom. The summed E-state index contributed by atoms with van der Waals surface area (Å²) >= 11 is 0. The van der Waals surface area contributed by atoms with Crippen molar-refractivity contribution < 1.29 is 33.2 Å². The molecule has 0 aromatic heterocycles. The molecule has 2 aliphatic rings. The summed E-state index contributed by atoms with van der Waals surface area (Å²) < 4.78 is 34.9. The van der Waals surface area contributed by atoms with Gasteiger partial charge in [0.15, 0.2) is 12.6 Å². The summed E-state index contributed by atoms with van der Waals surface area (Å²) in [4.78, 5) is 13.4. The summed E-state index contributed by atoms with van der Waals surface area (Å²) in [5.41, 5.74) is 1.82. The molecule has 35 heavy (non-hydrogen) atoms. The number of benzene rings is 2. The lowest BCUT2D eigenvalue weighted by Gasteiger charge is -2.39. The molecule has 0 aliphatic carbocycles. The molecule has 2 heterocycles. The minimum atomic E-state index is -0.505. The minimum absolute atomic E-state index is 0.100. The fourth-order valence-corrected chi connectivity index (χ4v) is 4.63. The van der Waals surface area contributed by atoms with E-state index >= 15 is 0 Å². The highest BCUT2D eigenvalue weighted by atomic mass is 16.7. The van der Waals surface area contributed by atoms with Crippen molar-refractivity contribution in [1.29, 1.82) is 0 Å². The zero-order chi connectivity index (χ0) is 24.9. The molecule has 0 radical (unpaired) electrons. The van der Waals surface area contributed by atoms with Crippen LogP contribution in [0.1, 0.15) is 50.9 Å². The topological polar surface area (TPSA) is 72.5 Å². The molecular weight excluding hydrogens is 448 g/mol. The molecule has 2 aromatic rings. The molecule has 0 saturated carbocycles. The fraction of sp³-hybridized carbons (Fsp3) is 0.536. The van der Waals surface area contributed by atoms with E-state index in [-0.39, 0.29) is 35.7 Å². The molecule has 0 bridgehead atoms. The van der Waals surface area contributed by atoms with Gasteiger partial charge in [0, 0.05) is 35.3 Å². The average Bonchev–Trinajstić information content (AvgIpc) is 2.90. The molecule has 0 spiro atoms. The molecule has 7 atom stereocenters. The summed E-state index contributed by atoms with van der Waals surface area (Å²) in [5, 5.41) is 0. The first-order valence-corrected chi connectivity index (χ1v) is 12.2. The molecule has 7 nitrogen and oxygen atoms in total. The van der Waals surface area contributed by atoms with Crippen LogP contribution >= 0.6 is 0 Å².